The van der Waals surface area contributed by atoms with E-state index in [4.69, 9.17) is 11.6 Å². The summed E-state index contributed by atoms with van der Waals surface area (Å²) in [5, 5.41) is 3.95. The number of aryl methyl sites for hydroxylation is 1. The summed E-state index contributed by atoms with van der Waals surface area (Å²) in [6.07, 6.45) is 3.62. The van der Waals surface area contributed by atoms with Crippen molar-refractivity contribution in [2.45, 2.75) is 13.5 Å². The van der Waals surface area contributed by atoms with E-state index < -0.39 is 0 Å². The third-order valence-corrected chi connectivity index (χ3v) is 2.52. The summed E-state index contributed by atoms with van der Waals surface area (Å²) in [6.45, 7) is 2.54. The van der Waals surface area contributed by atoms with Crippen LogP contribution in [-0.2, 0) is 6.54 Å². The first-order valence-corrected chi connectivity index (χ1v) is 5.39. The zero-order valence-corrected chi connectivity index (χ0v) is 9.70. The van der Waals surface area contributed by atoms with Crippen molar-refractivity contribution in [1.29, 1.82) is 0 Å². The van der Waals surface area contributed by atoms with Gasteiger partial charge in [-0.05, 0) is 19.1 Å². The van der Waals surface area contributed by atoms with Gasteiger partial charge in [0.05, 0.1) is 10.7 Å². The Morgan fingerprint density at radius 3 is 2.56 bits per heavy atom. The topological polar surface area (TPSA) is 37.8 Å². The van der Waals surface area contributed by atoms with Crippen LogP contribution in [0, 0.1) is 6.92 Å². The van der Waals surface area contributed by atoms with Crippen LogP contribution < -0.4 is 5.32 Å². The smallest absolute Gasteiger partial charge is 0.125 e. The minimum Gasteiger partial charge on any atom is -0.380 e. The quantitative estimate of drug-likeness (QED) is 0.886. The first-order chi connectivity index (χ1) is 7.75. The van der Waals surface area contributed by atoms with E-state index in [1.165, 1.54) is 0 Å². The van der Waals surface area contributed by atoms with Crippen molar-refractivity contribution in [3.63, 3.8) is 0 Å². The largest absolute Gasteiger partial charge is 0.380 e. The molecule has 0 unspecified atom stereocenters. The normalized spacial score (nSPS) is 10.1. The van der Waals surface area contributed by atoms with E-state index in [1.54, 1.807) is 0 Å². The molecule has 0 aliphatic rings. The second-order valence-corrected chi connectivity index (χ2v) is 3.88. The van der Waals surface area contributed by atoms with E-state index >= 15 is 0 Å². The lowest BCUT2D eigenvalue weighted by Gasteiger charge is -2.07. The number of hydrogen-bond acceptors (Lipinski definition) is 3. The second kappa shape index (κ2) is 4.94. The number of para-hydroxylation sites is 1. The summed E-state index contributed by atoms with van der Waals surface area (Å²) in [4.78, 5) is 8.26. The van der Waals surface area contributed by atoms with Crippen LogP contribution in [0.3, 0.4) is 0 Å². The van der Waals surface area contributed by atoms with Gasteiger partial charge in [0.15, 0.2) is 0 Å². The molecule has 0 fully saturated rings. The van der Waals surface area contributed by atoms with Crippen molar-refractivity contribution < 1.29 is 0 Å². The number of hydrogen-bond donors (Lipinski definition) is 1. The first kappa shape index (κ1) is 10.9. The number of anilines is 1. The zero-order valence-electron chi connectivity index (χ0n) is 8.94. The Labute approximate surface area is 99.5 Å². The second-order valence-electron chi connectivity index (χ2n) is 3.47. The van der Waals surface area contributed by atoms with Gasteiger partial charge in [0.1, 0.15) is 5.82 Å². The molecule has 0 aliphatic heterocycles. The lowest BCUT2D eigenvalue weighted by atomic mass is 10.3. The SMILES string of the molecule is Cc1ncc(CNc2ccccc2Cl)cn1. The lowest BCUT2D eigenvalue weighted by molar-refractivity contribution is 0.994. The van der Waals surface area contributed by atoms with Crippen molar-refractivity contribution in [3.05, 3.63) is 53.1 Å². The van der Waals surface area contributed by atoms with Crippen molar-refractivity contribution in [2.75, 3.05) is 5.32 Å². The molecule has 0 bridgehead atoms. The first-order valence-electron chi connectivity index (χ1n) is 5.01. The van der Waals surface area contributed by atoms with Crippen LogP contribution in [-0.4, -0.2) is 9.97 Å². The summed E-state index contributed by atoms with van der Waals surface area (Å²) in [7, 11) is 0. The van der Waals surface area contributed by atoms with Crippen LogP contribution in [0.4, 0.5) is 5.69 Å². The molecule has 0 atom stereocenters. The molecular weight excluding hydrogens is 222 g/mol. The Bertz CT molecular complexity index is 468. The van der Waals surface area contributed by atoms with Gasteiger partial charge in [0.25, 0.3) is 0 Å². The molecule has 0 amide bonds. The van der Waals surface area contributed by atoms with Crippen molar-refractivity contribution in [3.8, 4) is 0 Å². The maximum Gasteiger partial charge on any atom is 0.125 e. The third kappa shape index (κ3) is 2.70. The van der Waals surface area contributed by atoms with Crippen LogP contribution >= 0.6 is 11.6 Å². The number of aromatic nitrogens is 2. The van der Waals surface area contributed by atoms with Crippen LogP contribution in [0.15, 0.2) is 36.7 Å². The Morgan fingerprint density at radius 1 is 1.19 bits per heavy atom. The molecule has 0 spiro atoms. The highest BCUT2D eigenvalue weighted by atomic mass is 35.5. The van der Waals surface area contributed by atoms with Gasteiger partial charge in [-0.1, -0.05) is 23.7 Å². The summed E-state index contributed by atoms with van der Waals surface area (Å²) in [5.41, 5.74) is 1.95. The molecule has 0 radical (unpaired) electrons. The van der Waals surface area contributed by atoms with Gasteiger partial charge in [-0.2, -0.15) is 0 Å². The van der Waals surface area contributed by atoms with Gasteiger partial charge >= 0.3 is 0 Å². The van der Waals surface area contributed by atoms with E-state index in [1.807, 2.05) is 43.6 Å². The average molecular weight is 234 g/mol. The highest BCUT2D eigenvalue weighted by Crippen LogP contribution is 2.20. The molecule has 16 heavy (non-hydrogen) atoms. The molecule has 2 rings (SSSR count). The van der Waals surface area contributed by atoms with Crippen LogP contribution in [0.1, 0.15) is 11.4 Å². The highest BCUT2D eigenvalue weighted by Gasteiger charge is 1.98. The summed E-state index contributed by atoms with van der Waals surface area (Å²) in [6, 6.07) is 7.65. The van der Waals surface area contributed by atoms with Gasteiger partial charge in [0.2, 0.25) is 0 Å². The van der Waals surface area contributed by atoms with E-state index in [9.17, 15) is 0 Å². The van der Waals surface area contributed by atoms with Crippen LogP contribution in [0.5, 0.6) is 0 Å². The average Bonchev–Trinajstić information content (AvgIpc) is 2.30. The number of benzene rings is 1. The van der Waals surface area contributed by atoms with Gasteiger partial charge in [-0.25, -0.2) is 9.97 Å². The van der Waals surface area contributed by atoms with Gasteiger partial charge < -0.3 is 5.32 Å². The summed E-state index contributed by atoms with van der Waals surface area (Å²) < 4.78 is 0. The van der Waals surface area contributed by atoms with Gasteiger partial charge in [0, 0.05) is 24.5 Å². The summed E-state index contributed by atoms with van der Waals surface area (Å²) >= 11 is 6.02. The molecular formula is C12H12ClN3. The summed E-state index contributed by atoms with van der Waals surface area (Å²) in [5.74, 6) is 0.779. The maximum atomic E-state index is 6.02. The highest BCUT2D eigenvalue weighted by molar-refractivity contribution is 6.33. The molecule has 1 heterocycles. The maximum absolute atomic E-state index is 6.02. The van der Waals surface area contributed by atoms with Crippen molar-refractivity contribution in [1.82, 2.24) is 9.97 Å². The molecule has 0 saturated heterocycles. The van der Waals surface area contributed by atoms with Gasteiger partial charge in [-0.15, -0.1) is 0 Å². The number of nitrogens with zero attached hydrogens (tertiary/aromatic N) is 2. The third-order valence-electron chi connectivity index (χ3n) is 2.19. The minimum atomic E-state index is 0.671. The van der Waals surface area contributed by atoms with E-state index in [2.05, 4.69) is 15.3 Å². The minimum absolute atomic E-state index is 0.671. The molecule has 3 nitrogen and oxygen atoms in total. The van der Waals surface area contributed by atoms with Crippen LogP contribution in [0.2, 0.25) is 5.02 Å². The molecule has 4 heteroatoms. The van der Waals surface area contributed by atoms with Crippen molar-refractivity contribution in [2.24, 2.45) is 0 Å². The monoisotopic (exact) mass is 233 g/mol. The molecule has 1 aromatic carbocycles. The molecule has 1 N–H and O–H groups in total. The molecule has 0 aliphatic carbocycles. The Kier molecular flexibility index (Phi) is 3.37. The molecule has 0 saturated carbocycles. The fourth-order valence-corrected chi connectivity index (χ4v) is 1.52. The number of halogens is 1. The molecule has 2 aromatic rings. The lowest BCUT2D eigenvalue weighted by Crippen LogP contribution is -2.01. The standard InChI is InChI=1S/C12H12ClN3/c1-9-14-6-10(7-15-9)8-16-12-5-3-2-4-11(12)13/h2-7,16H,8H2,1H3. The van der Waals surface area contributed by atoms with E-state index in [0.717, 1.165) is 22.1 Å². The van der Waals surface area contributed by atoms with Gasteiger partial charge in [-0.3, -0.25) is 0 Å². The Hall–Kier alpha value is -1.61. The number of nitrogens with one attached hydrogen (secondary N) is 1. The zero-order chi connectivity index (χ0) is 11.4. The molecule has 1 aromatic heterocycles. The number of rotatable bonds is 3. The fraction of sp³-hybridized carbons (Fsp3) is 0.167. The predicted octanol–water partition coefficient (Wildman–Crippen LogP) is 3.05. The fourth-order valence-electron chi connectivity index (χ4n) is 1.31. The Balaban J connectivity index is 2.02. The van der Waals surface area contributed by atoms with Crippen LogP contribution in [0.25, 0.3) is 0 Å². The predicted molar refractivity (Wildman–Crippen MR) is 65.5 cm³/mol. The Morgan fingerprint density at radius 2 is 1.88 bits per heavy atom. The molecule has 82 valence electrons. The van der Waals surface area contributed by atoms with Crippen molar-refractivity contribution >= 4 is 17.3 Å². The van der Waals surface area contributed by atoms with E-state index in [0.29, 0.717) is 6.54 Å². The van der Waals surface area contributed by atoms with E-state index in [-0.39, 0.29) is 0 Å².